The lowest BCUT2D eigenvalue weighted by Crippen LogP contribution is -2.17. The predicted octanol–water partition coefficient (Wildman–Crippen LogP) is 3.54. The van der Waals surface area contributed by atoms with Gasteiger partial charge in [-0.05, 0) is 36.4 Å². The van der Waals surface area contributed by atoms with Crippen LogP contribution in [0.15, 0.2) is 54.6 Å². The fourth-order valence-corrected chi connectivity index (χ4v) is 2.32. The summed E-state index contributed by atoms with van der Waals surface area (Å²) in [6, 6.07) is 12.2. The summed E-state index contributed by atoms with van der Waals surface area (Å²) in [4.78, 5) is 24.1. The summed E-state index contributed by atoms with van der Waals surface area (Å²) in [6.45, 7) is 0. The van der Waals surface area contributed by atoms with Crippen molar-refractivity contribution in [3.63, 3.8) is 0 Å². The standard InChI is InChI=1S/C19H14F2N4O3/c1-28-19(27)12-4-2-3-5-14(12)23-18(26)16-8-9-17(25-24-16)22-15-7-6-11(20)10-13(15)21/h2-10H,1H3,(H,22,25)(H,23,26). The monoisotopic (exact) mass is 384 g/mol. The number of para-hydroxylation sites is 1. The number of hydrogen-bond donors (Lipinski definition) is 2. The number of esters is 1. The highest BCUT2D eigenvalue weighted by molar-refractivity contribution is 6.07. The molecule has 0 aliphatic carbocycles. The van der Waals surface area contributed by atoms with E-state index in [0.717, 1.165) is 12.1 Å². The van der Waals surface area contributed by atoms with E-state index in [2.05, 4.69) is 25.6 Å². The summed E-state index contributed by atoms with van der Waals surface area (Å²) in [5.41, 5.74) is 0.442. The Morgan fingerprint density at radius 3 is 2.43 bits per heavy atom. The minimum Gasteiger partial charge on any atom is -0.465 e. The highest BCUT2D eigenvalue weighted by Gasteiger charge is 2.15. The second kappa shape index (κ2) is 8.21. The van der Waals surface area contributed by atoms with Crippen molar-refractivity contribution in [2.75, 3.05) is 17.7 Å². The number of nitrogens with zero attached hydrogens (tertiary/aromatic N) is 2. The van der Waals surface area contributed by atoms with E-state index in [-0.39, 0.29) is 28.5 Å². The molecule has 9 heteroatoms. The summed E-state index contributed by atoms with van der Waals surface area (Å²) in [5.74, 6) is -2.51. The van der Waals surface area contributed by atoms with E-state index >= 15 is 0 Å². The molecule has 0 unspecified atom stereocenters. The average Bonchev–Trinajstić information content (AvgIpc) is 2.70. The van der Waals surface area contributed by atoms with Gasteiger partial charge in [0.2, 0.25) is 0 Å². The van der Waals surface area contributed by atoms with Gasteiger partial charge in [0.15, 0.2) is 11.5 Å². The third-order valence-corrected chi connectivity index (χ3v) is 3.67. The van der Waals surface area contributed by atoms with E-state index in [1.165, 1.54) is 31.4 Å². The molecule has 0 aliphatic rings. The van der Waals surface area contributed by atoms with Gasteiger partial charge in [-0.2, -0.15) is 0 Å². The first-order valence-corrected chi connectivity index (χ1v) is 8.02. The Hall–Kier alpha value is -3.88. The Morgan fingerprint density at radius 1 is 0.964 bits per heavy atom. The van der Waals surface area contributed by atoms with E-state index in [4.69, 9.17) is 0 Å². The van der Waals surface area contributed by atoms with Crippen LogP contribution in [-0.4, -0.2) is 29.2 Å². The molecule has 1 heterocycles. The molecule has 3 aromatic rings. The fourth-order valence-electron chi connectivity index (χ4n) is 2.32. The van der Waals surface area contributed by atoms with Gasteiger partial charge in [0.05, 0.1) is 24.0 Å². The van der Waals surface area contributed by atoms with Crippen molar-refractivity contribution < 1.29 is 23.1 Å². The number of aromatic nitrogens is 2. The summed E-state index contributed by atoms with van der Waals surface area (Å²) in [5, 5.41) is 12.8. The van der Waals surface area contributed by atoms with Crippen LogP contribution < -0.4 is 10.6 Å². The van der Waals surface area contributed by atoms with Gasteiger partial charge in [0.1, 0.15) is 11.6 Å². The number of anilines is 3. The van der Waals surface area contributed by atoms with Gasteiger partial charge in [-0.25, -0.2) is 13.6 Å². The molecule has 0 spiro atoms. The van der Waals surface area contributed by atoms with Crippen molar-refractivity contribution in [2.45, 2.75) is 0 Å². The van der Waals surface area contributed by atoms with Crippen molar-refractivity contribution in [1.82, 2.24) is 10.2 Å². The molecule has 0 saturated heterocycles. The second-order valence-corrected chi connectivity index (χ2v) is 5.54. The molecule has 0 radical (unpaired) electrons. The molecule has 1 aromatic heterocycles. The quantitative estimate of drug-likeness (QED) is 0.654. The maximum atomic E-state index is 13.7. The minimum atomic E-state index is -0.789. The number of hydrogen-bond acceptors (Lipinski definition) is 6. The Balaban J connectivity index is 1.73. The number of halogens is 2. The molecule has 0 atom stereocenters. The van der Waals surface area contributed by atoms with Crippen LogP contribution in [-0.2, 0) is 4.74 Å². The van der Waals surface area contributed by atoms with Crippen molar-refractivity contribution in [3.8, 4) is 0 Å². The SMILES string of the molecule is COC(=O)c1ccccc1NC(=O)c1ccc(Nc2ccc(F)cc2F)nn1. The number of amides is 1. The van der Waals surface area contributed by atoms with E-state index in [1.807, 2.05) is 0 Å². The molecule has 142 valence electrons. The Kier molecular flexibility index (Phi) is 5.54. The van der Waals surface area contributed by atoms with Crippen LogP contribution in [0, 0.1) is 11.6 Å². The molecular weight excluding hydrogens is 370 g/mol. The van der Waals surface area contributed by atoms with E-state index in [0.29, 0.717) is 0 Å². The topological polar surface area (TPSA) is 93.2 Å². The number of carbonyl (C=O) groups is 2. The van der Waals surface area contributed by atoms with Gasteiger partial charge in [-0.3, -0.25) is 4.79 Å². The largest absolute Gasteiger partial charge is 0.465 e. The number of methoxy groups -OCH3 is 1. The molecule has 3 rings (SSSR count). The lowest BCUT2D eigenvalue weighted by Gasteiger charge is -2.09. The zero-order chi connectivity index (χ0) is 20.1. The normalized spacial score (nSPS) is 10.2. The van der Waals surface area contributed by atoms with E-state index in [1.54, 1.807) is 18.2 Å². The third-order valence-electron chi connectivity index (χ3n) is 3.67. The van der Waals surface area contributed by atoms with E-state index in [9.17, 15) is 18.4 Å². The van der Waals surface area contributed by atoms with Gasteiger partial charge in [-0.1, -0.05) is 12.1 Å². The molecule has 2 N–H and O–H groups in total. The fraction of sp³-hybridized carbons (Fsp3) is 0.0526. The minimum absolute atomic E-state index is 0.0138. The Labute approximate surface area is 158 Å². The maximum absolute atomic E-state index is 13.7. The Morgan fingerprint density at radius 2 is 1.75 bits per heavy atom. The molecule has 7 nitrogen and oxygen atoms in total. The highest BCUT2D eigenvalue weighted by Crippen LogP contribution is 2.20. The molecule has 0 aliphatic heterocycles. The summed E-state index contributed by atoms with van der Waals surface area (Å²) >= 11 is 0. The van der Waals surface area contributed by atoms with Gasteiger partial charge in [0, 0.05) is 6.07 Å². The van der Waals surface area contributed by atoms with Gasteiger partial charge in [0.25, 0.3) is 5.91 Å². The van der Waals surface area contributed by atoms with E-state index < -0.39 is 23.5 Å². The van der Waals surface area contributed by atoms with Crippen molar-refractivity contribution in [3.05, 3.63) is 77.5 Å². The summed E-state index contributed by atoms with van der Waals surface area (Å²) < 4.78 is 31.3. The van der Waals surface area contributed by atoms with Crippen LogP contribution in [0.1, 0.15) is 20.8 Å². The van der Waals surface area contributed by atoms with Gasteiger partial charge < -0.3 is 15.4 Å². The van der Waals surface area contributed by atoms with Gasteiger partial charge in [-0.15, -0.1) is 10.2 Å². The molecule has 0 saturated carbocycles. The van der Waals surface area contributed by atoms with Crippen molar-refractivity contribution in [2.24, 2.45) is 0 Å². The first-order valence-electron chi connectivity index (χ1n) is 8.02. The molecule has 2 aromatic carbocycles. The first-order chi connectivity index (χ1) is 13.5. The maximum Gasteiger partial charge on any atom is 0.339 e. The van der Waals surface area contributed by atoms with Crippen LogP contribution >= 0.6 is 0 Å². The summed E-state index contributed by atoms with van der Waals surface area (Å²) in [6.07, 6.45) is 0. The average molecular weight is 384 g/mol. The van der Waals surface area contributed by atoms with Crippen molar-refractivity contribution >= 4 is 29.1 Å². The van der Waals surface area contributed by atoms with Crippen LogP contribution in [0.25, 0.3) is 0 Å². The Bertz CT molecular complexity index is 1030. The van der Waals surface area contributed by atoms with Crippen molar-refractivity contribution in [1.29, 1.82) is 0 Å². The number of nitrogens with one attached hydrogen (secondary N) is 2. The van der Waals surface area contributed by atoms with Gasteiger partial charge >= 0.3 is 5.97 Å². The van der Waals surface area contributed by atoms with Crippen LogP contribution in [0.5, 0.6) is 0 Å². The lowest BCUT2D eigenvalue weighted by molar-refractivity contribution is 0.0602. The first kappa shape index (κ1) is 18.9. The lowest BCUT2D eigenvalue weighted by atomic mass is 10.1. The van der Waals surface area contributed by atoms with Crippen LogP contribution in [0.4, 0.5) is 26.0 Å². The zero-order valence-electron chi connectivity index (χ0n) is 14.6. The number of carbonyl (C=O) groups excluding carboxylic acids is 2. The number of benzene rings is 2. The van der Waals surface area contributed by atoms with Crippen LogP contribution in [0.3, 0.4) is 0 Å². The zero-order valence-corrected chi connectivity index (χ0v) is 14.6. The number of rotatable bonds is 5. The van der Waals surface area contributed by atoms with Crippen LogP contribution in [0.2, 0.25) is 0 Å². The smallest absolute Gasteiger partial charge is 0.339 e. The third kappa shape index (κ3) is 4.26. The predicted molar refractivity (Wildman–Crippen MR) is 97.4 cm³/mol. The molecule has 28 heavy (non-hydrogen) atoms. The second-order valence-electron chi connectivity index (χ2n) is 5.54. The molecule has 0 fully saturated rings. The highest BCUT2D eigenvalue weighted by atomic mass is 19.1. The number of ether oxygens (including phenoxy) is 1. The molecule has 0 bridgehead atoms. The summed E-state index contributed by atoms with van der Waals surface area (Å²) in [7, 11) is 1.24. The molecule has 1 amide bonds. The molecular formula is C19H14F2N4O3.